The first kappa shape index (κ1) is 13.4. The van der Waals surface area contributed by atoms with E-state index in [1.165, 1.54) is 51.4 Å². The molecule has 100 valence electrons. The third kappa shape index (κ3) is 3.98. The largest absolute Gasteiger partial charge is 0.311 e. The van der Waals surface area contributed by atoms with Gasteiger partial charge in [-0.1, -0.05) is 40.0 Å². The zero-order chi connectivity index (χ0) is 12.3. The molecule has 0 aromatic rings. The van der Waals surface area contributed by atoms with Gasteiger partial charge in [-0.15, -0.1) is 0 Å². The van der Waals surface area contributed by atoms with Crippen molar-refractivity contribution in [1.82, 2.24) is 5.32 Å². The summed E-state index contributed by atoms with van der Waals surface area (Å²) in [5, 5.41) is 3.93. The van der Waals surface area contributed by atoms with Gasteiger partial charge < -0.3 is 5.32 Å². The monoisotopic (exact) mass is 237 g/mol. The van der Waals surface area contributed by atoms with Gasteiger partial charge in [-0.2, -0.15) is 0 Å². The molecule has 2 rings (SSSR count). The van der Waals surface area contributed by atoms with Crippen LogP contribution in [-0.4, -0.2) is 12.1 Å². The fourth-order valence-corrected chi connectivity index (χ4v) is 3.61. The normalized spacial score (nSPS) is 38.1. The van der Waals surface area contributed by atoms with Crippen LogP contribution in [0.15, 0.2) is 0 Å². The van der Waals surface area contributed by atoms with Crippen LogP contribution in [0.1, 0.15) is 72.1 Å². The van der Waals surface area contributed by atoms with Gasteiger partial charge in [0.25, 0.3) is 0 Å². The quantitative estimate of drug-likeness (QED) is 0.700. The molecule has 0 aromatic carbocycles. The van der Waals surface area contributed by atoms with Crippen LogP contribution in [0.5, 0.6) is 0 Å². The third-order valence-corrected chi connectivity index (χ3v) is 4.99. The molecule has 0 spiro atoms. The molecule has 2 fully saturated rings. The van der Waals surface area contributed by atoms with Crippen molar-refractivity contribution in [2.75, 3.05) is 0 Å². The van der Waals surface area contributed by atoms with Crippen LogP contribution in [0.4, 0.5) is 0 Å². The summed E-state index contributed by atoms with van der Waals surface area (Å²) < 4.78 is 0. The molecule has 0 bridgehead atoms. The molecule has 17 heavy (non-hydrogen) atoms. The predicted octanol–water partition coefficient (Wildman–Crippen LogP) is 4.37. The number of hydrogen-bond donors (Lipinski definition) is 1. The van der Waals surface area contributed by atoms with Crippen molar-refractivity contribution in [3.8, 4) is 0 Å². The summed E-state index contributed by atoms with van der Waals surface area (Å²) in [5.41, 5.74) is 0. The van der Waals surface area contributed by atoms with Gasteiger partial charge in [-0.3, -0.25) is 0 Å². The van der Waals surface area contributed by atoms with E-state index in [9.17, 15) is 0 Å². The van der Waals surface area contributed by atoms with Crippen molar-refractivity contribution < 1.29 is 0 Å². The molecule has 4 atom stereocenters. The van der Waals surface area contributed by atoms with Gasteiger partial charge in [0.1, 0.15) is 0 Å². The third-order valence-electron chi connectivity index (χ3n) is 4.99. The Morgan fingerprint density at radius 2 is 1.94 bits per heavy atom. The Labute approximate surface area is 108 Å². The molecular weight excluding hydrogens is 206 g/mol. The minimum atomic E-state index is 0.839. The van der Waals surface area contributed by atoms with Crippen molar-refractivity contribution in [1.29, 1.82) is 0 Å². The zero-order valence-corrected chi connectivity index (χ0v) is 12.0. The van der Waals surface area contributed by atoms with Crippen LogP contribution >= 0.6 is 0 Å². The molecule has 1 heteroatoms. The second-order valence-corrected chi connectivity index (χ2v) is 6.77. The summed E-state index contributed by atoms with van der Waals surface area (Å²) in [6.07, 6.45) is 11.5. The molecule has 0 radical (unpaired) electrons. The van der Waals surface area contributed by atoms with E-state index in [2.05, 4.69) is 26.1 Å². The van der Waals surface area contributed by atoms with Gasteiger partial charge in [-0.25, -0.2) is 0 Å². The van der Waals surface area contributed by atoms with E-state index in [0.717, 1.165) is 29.8 Å². The van der Waals surface area contributed by atoms with E-state index < -0.39 is 0 Å². The Balaban J connectivity index is 1.69. The van der Waals surface area contributed by atoms with Gasteiger partial charge in [0.15, 0.2) is 0 Å². The van der Waals surface area contributed by atoms with Gasteiger partial charge in [0.05, 0.1) is 0 Å². The van der Waals surface area contributed by atoms with Crippen LogP contribution in [0.2, 0.25) is 0 Å². The summed E-state index contributed by atoms with van der Waals surface area (Å²) >= 11 is 0. The van der Waals surface area contributed by atoms with E-state index in [0.29, 0.717) is 0 Å². The lowest BCUT2D eigenvalue weighted by Crippen LogP contribution is -2.31. The fourth-order valence-electron chi connectivity index (χ4n) is 3.61. The molecule has 0 amide bonds. The smallest absolute Gasteiger partial charge is 0.0102 e. The zero-order valence-electron chi connectivity index (χ0n) is 12.0. The lowest BCUT2D eigenvalue weighted by atomic mass is 9.89. The van der Waals surface area contributed by atoms with Gasteiger partial charge in [-0.05, 0) is 49.9 Å². The van der Waals surface area contributed by atoms with Gasteiger partial charge >= 0.3 is 0 Å². The first-order valence-corrected chi connectivity index (χ1v) is 7.96. The predicted molar refractivity (Wildman–Crippen MR) is 75.1 cm³/mol. The van der Waals surface area contributed by atoms with Crippen molar-refractivity contribution in [2.45, 2.75) is 84.2 Å². The van der Waals surface area contributed by atoms with Crippen molar-refractivity contribution in [3.05, 3.63) is 0 Å². The maximum atomic E-state index is 3.93. The van der Waals surface area contributed by atoms with Crippen molar-refractivity contribution in [3.63, 3.8) is 0 Å². The molecule has 2 saturated carbocycles. The van der Waals surface area contributed by atoms with Gasteiger partial charge in [0, 0.05) is 12.1 Å². The van der Waals surface area contributed by atoms with Crippen LogP contribution in [0.3, 0.4) is 0 Å². The molecule has 0 aromatic heterocycles. The lowest BCUT2D eigenvalue weighted by Gasteiger charge is -2.19. The molecule has 2 aliphatic rings. The molecule has 2 aliphatic carbocycles. The SMILES string of the molecule is CCCC1CC1NC1CCCC(C(C)C)CC1. The summed E-state index contributed by atoms with van der Waals surface area (Å²) in [6, 6.07) is 1.72. The summed E-state index contributed by atoms with van der Waals surface area (Å²) in [7, 11) is 0. The highest BCUT2D eigenvalue weighted by molar-refractivity contribution is 4.95. The van der Waals surface area contributed by atoms with E-state index in [4.69, 9.17) is 0 Å². The Hall–Kier alpha value is -0.0400. The Bertz CT molecular complexity index is 224. The van der Waals surface area contributed by atoms with Crippen LogP contribution in [0.25, 0.3) is 0 Å². The second-order valence-electron chi connectivity index (χ2n) is 6.77. The van der Waals surface area contributed by atoms with Crippen LogP contribution in [0, 0.1) is 17.8 Å². The highest BCUT2D eigenvalue weighted by atomic mass is 15.0. The summed E-state index contributed by atoms with van der Waals surface area (Å²) in [6.45, 7) is 7.11. The van der Waals surface area contributed by atoms with Gasteiger partial charge in [0.2, 0.25) is 0 Å². The lowest BCUT2D eigenvalue weighted by molar-refractivity contribution is 0.337. The number of rotatable bonds is 5. The molecule has 0 saturated heterocycles. The molecule has 0 heterocycles. The summed E-state index contributed by atoms with van der Waals surface area (Å²) in [4.78, 5) is 0. The highest BCUT2D eigenvalue weighted by Crippen LogP contribution is 2.36. The number of nitrogens with one attached hydrogen (secondary N) is 1. The topological polar surface area (TPSA) is 12.0 Å². The highest BCUT2D eigenvalue weighted by Gasteiger charge is 2.37. The molecule has 4 unspecified atom stereocenters. The Morgan fingerprint density at radius 1 is 1.12 bits per heavy atom. The van der Waals surface area contributed by atoms with E-state index in [1.54, 1.807) is 0 Å². The Kier molecular flexibility index (Phi) is 4.90. The van der Waals surface area contributed by atoms with E-state index >= 15 is 0 Å². The average molecular weight is 237 g/mol. The Morgan fingerprint density at radius 3 is 2.65 bits per heavy atom. The maximum Gasteiger partial charge on any atom is 0.0102 e. The fraction of sp³-hybridized carbons (Fsp3) is 1.00. The second kappa shape index (κ2) is 6.22. The molecule has 1 N–H and O–H groups in total. The molecule has 1 nitrogen and oxygen atoms in total. The molecule has 0 aliphatic heterocycles. The van der Waals surface area contributed by atoms with E-state index in [1.807, 2.05) is 0 Å². The van der Waals surface area contributed by atoms with Crippen LogP contribution in [-0.2, 0) is 0 Å². The van der Waals surface area contributed by atoms with Crippen LogP contribution < -0.4 is 5.32 Å². The first-order valence-electron chi connectivity index (χ1n) is 7.96. The van der Waals surface area contributed by atoms with Crippen molar-refractivity contribution in [2.24, 2.45) is 17.8 Å². The first-order chi connectivity index (χ1) is 8.20. The average Bonchev–Trinajstić information content (AvgIpc) is 3.04. The number of hydrogen-bond acceptors (Lipinski definition) is 1. The van der Waals surface area contributed by atoms with E-state index in [-0.39, 0.29) is 0 Å². The standard InChI is InChI=1S/C16H31N/c1-4-6-14-11-16(14)17-15-8-5-7-13(9-10-15)12(2)3/h12-17H,4-11H2,1-3H3. The maximum absolute atomic E-state index is 3.93. The molecular formula is C16H31N. The summed E-state index contributed by atoms with van der Waals surface area (Å²) in [5.74, 6) is 2.90. The minimum Gasteiger partial charge on any atom is -0.311 e. The van der Waals surface area contributed by atoms with Crippen molar-refractivity contribution >= 4 is 0 Å². The minimum absolute atomic E-state index is 0.839.